The van der Waals surface area contributed by atoms with Gasteiger partial charge in [-0.1, -0.05) is 26.0 Å². The van der Waals surface area contributed by atoms with E-state index in [0.717, 1.165) is 25.1 Å². The van der Waals surface area contributed by atoms with Crippen LogP contribution in [0, 0.1) is 5.92 Å². The molecule has 0 spiro atoms. The van der Waals surface area contributed by atoms with Crippen molar-refractivity contribution in [3.63, 3.8) is 0 Å². The van der Waals surface area contributed by atoms with Gasteiger partial charge in [0.05, 0.1) is 4.90 Å². The van der Waals surface area contributed by atoms with Gasteiger partial charge in [0.1, 0.15) is 0 Å². The van der Waals surface area contributed by atoms with E-state index in [9.17, 15) is 8.42 Å². The largest absolute Gasteiger partial charge is 0.313 e. The molecule has 0 bridgehead atoms. The first-order valence-electron chi connectivity index (χ1n) is 6.56. The van der Waals surface area contributed by atoms with Gasteiger partial charge in [-0.05, 0) is 36.6 Å². The zero-order valence-corrected chi connectivity index (χ0v) is 13.0. The van der Waals surface area contributed by atoms with Crippen molar-refractivity contribution in [1.82, 2.24) is 9.62 Å². The molecule has 0 atom stereocenters. The molecule has 0 aliphatic rings. The van der Waals surface area contributed by atoms with Crippen LogP contribution in [0.4, 0.5) is 0 Å². The van der Waals surface area contributed by atoms with Crippen LogP contribution in [0.2, 0.25) is 0 Å². The Hall–Kier alpha value is -0.910. The van der Waals surface area contributed by atoms with Crippen LogP contribution >= 0.6 is 0 Å². The topological polar surface area (TPSA) is 49.4 Å². The summed E-state index contributed by atoms with van der Waals surface area (Å²) >= 11 is 0. The third kappa shape index (κ3) is 4.93. The third-order valence-corrected chi connectivity index (χ3v) is 4.76. The normalized spacial score (nSPS) is 12.3. The van der Waals surface area contributed by atoms with Crippen LogP contribution < -0.4 is 5.32 Å². The first-order valence-corrected chi connectivity index (χ1v) is 8.00. The van der Waals surface area contributed by atoms with Gasteiger partial charge in [0.15, 0.2) is 0 Å². The van der Waals surface area contributed by atoms with Crippen molar-refractivity contribution >= 4 is 10.0 Å². The van der Waals surface area contributed by atoms with Crippen molar-refractivity contribution in [2.75, 3.05) is 20.6 Å². The first kappa shape index (κ1) is 16.1. The minimum atomic E-state index is -3.32. The maximum absolute atomic E-state index is 11.9. The Bertz CT molecular complexity index is 479. The van der Waals surface area contributed by atoms with E-state index in [1.54, 1.807) is 12.1 Å². The van der Waals surface area contributed by atoms with Crippen LogP contribution in [-0.2, 0) is 16.6 Å². The van der Waals surface area contributed by atoms with Crippen LogP contribution in [0.15, 0.2) is 29.2 Å². The zero-order valence-electron chi connectivity index (χ0n) is 12.2. The fourth-order valence-electron chi connectivity index (χ4n) is 1.61. The fourth-order valence-corrected chi connectivity index (χ4v) is 2.52. The monoisotopic (exact) mass is 284 g/mol. The Kier molecular flexibility index (Phi) is 5.97. The van der Waals surface area contributed by atoms with E-state index in [-0.39, 0.29) is 0 Å². The van der Waals surface area contributed by atoms with Crippen molar-refractivity contribution in [3.05, 3.63) is 29.8 Å². The van der Waals surface area contributed by atoms with E-state index in [0.29, 0.717) is 10.8 Å². The molecule has 0 radical (unpaired) electrons. The maximum Gasteiger partial charge on any atom is 0.242 e. The lowest BCUT2D eigenvalue weighted by Crippen LogP contribution is -2.22. The first-order chi connectivity index (χ1) is 8.84. The van der Waals surface area contributed by atoms with Crippen LogP contribution in [0.25, 0.3) is 0 Å². The second-order valence-electron chi connectivity index (χ2n) is 5.29. The summed E-state index contributed by atoms with van der Waals surface area (Å²) in [5, 5.41) is 3.35. The zero-order chi connectivity index (χ0) is 14.5. The van der Waals surface area contributed by atoms with Gasteiger partial charge in [-0.2, -0.15) is 0 Å². The quantitative estimate of drug-likeness (QED) is 0.780. The number of nitrogens with zero attached hydrogens (tertiary/aromatic N) is 1. The molecule has 19 heavy (non-hydrogen) atoms. The van der Waals surface area contributed by atoms with Crippen LogP contribution in [0.3, 0.4) is 0 Å². The molecule has 0 heterocycles. The summed E-state index contributed by atoms with van der Waals surface area (Å²) in [6.07, 6.45) is 1.15. The van der Waals surface area contributed by atoms with Crippen LogP contribution in [0.5, 0.6) is 0 Å². The predicted octanol–water partition coefficient (Wildman–Crippen LogP) is 2.07. The van der Waals surface area contributed by atoms with Crippen molar-refractivity contribution in [3.8, 4) is 0 Å². The lowest BCUT2D eigenvalue weighted by atomic mass is 10.1. The smallest absolute Gasteiger partial charge is 0.242 e. The molecule has 1 aromatic rings. The Morgan fingerprint density at radius 3 is 2.21 bits per heavy atom. The summed E-state index contributed by atoms with van der Waals surface area (Å²) in [5.41, 5.74) is 1.10. The average Bonchev–Trinajstić information content (AvgIpc) is 2.35. The van der Waals surface area contributed by atoms with Crippen molar-refractivity contribution in [2.24, 2.45) is 5.92 Å². The molecule has 1 aromatic carbocycles. The Balaban J connectivity index is 2.58. The van der Waals surface area contributed by atoms with Gasteiger partial charge < -0.3 is 5.32 Å². The second kappa shape index (κ2) is 7.03. The summed E-state index contributed by atoms with van der Waals surface area (Å²) in [7, 11) is -0.240. The summed E-state index contributed by atoms with van der Waals surface area (Å²) < 4.78 is 25.0. The van der Waals surface area contributed by atoms with Crippen molar-refractivity contribution in [2.45, 2.75) is 31.7 Å². The molecule has 0 fully saturated rings. The van der Waals surface area contributed by atoms with E-state index < -0.39 is 10.0 Å². The highest BCUT2D eigenvalue weighted by molar-refractivity contribution is 7.89. The minimum absolute atomic E-state index is 0.337. The summed E-state index contributed by atoms with van der Waals surface area (Å²) in [6, 6.07) is 7.04. The maximum atomic E-state index is 11.9. The highest BCUT2D eigenvalue weighted by Crippen LogP contribution is 2.13. The highest BCUT2D eigenvalue weighted by atomic mass is 32.2. The molecule has 108 valence electrons. The SMILES string of the molecule is CC(C)CCNCc1ccc(S(=O)(=O)N(C)C)cc1. The molecule has 0 saturated heterocycles. The van der Waals surface area contributed by atoms with Gasteiger partial charge in [0.25, 0.3) is 0 Å². The molecule has 1 rings (SSSR count). The van der Waals surface area contributed by atoms with Gasteiger partial charge in [-0.25, -0.2) is 12.7 Å². The van der Waals surface area contributed by atoms with Gasteiger partial charge in [-0.3, -0.25) is 0 Å². The third-order valence-electron chi connectivity index (χ3n) is 2.93. The summed E-state index contributed by atoms with van der Waals surface area (Å²) in [4.78, 5) is 0.337. The van der Waals surface area contributed by atoms with E-state index in [1.807, 2.05) is 12.1 Å². The number of hydrogen-bond acceptors (Lipinski definition) is 3. The molecule has 5 heteroatoms. The summed E-state index contributed by atoms with van der Waals surface area (Å²) in [5.74, 6) is 0.695. The van der Waals surface area contributed by atoms with Gasteiger partial charge in [0, 0.05) is 20.6 Å². The Morgan fingerprint density at radius 1 is 1.16 bits per heavy atom. The standard InChI is InChI=1S/C14H24N2O2S/c1-12(2)9-10-15-11-13-5-7-14(8-6-13)19(17,18)16(3)4/h5-8,12,15H,9-11H2,1-4H3. The molecule has 4 nitrogen and oxygen atoms in total. The number of sulfonamides is 1. The Labute approximate surface area is 116 Å². The van der Waals surface area contributed by atoms with Gasteiger partial charge in [0.2, 0.25) is 10.0 Å². The number of benzene rings is 1. The minimum Gasteiger partial charge on any atom is -0.313 e. The van der Waals surface area contributed by atoms with Crippen LogP contribution in [0.1, 0.15) is 25.8 Å². The molecule has 0 aliphatic heterocycles. The fraction of sp³-hybridized carbons (Fsp3) is 0.571. The van der Waals surface area contributed by atoms with E-state index >= 15 is 0 Å². The van der Waals surface area contributed by atoms with E-state index in [2.05, 4.69) is 19.2 Å². The lowest BCUT2D eigenvalue weighted by molar-refractivity contribution is 0.520. The molecule has 0 unspecified atom stereocenters. The molecule has 0 aliphatic carbocycles. The lowest BCUT2D eigenvalue weighted by Gasteiger charge is -2.12. The molecular formula is C14H24N2O2S. The Morgan fingerprint density at radius 2 is 1.74 bits per heavy atom. The second-order valence-corrected chi connectivity index (χ2v) is 7.44. The number of nitrogens with one attached hydrogen (secondary N) is 1. The molecule has 0 aromatic heterocycles. The molecular weight excluding hydrogens is 260 g/mol. The van der Waals surface area contributed by atoms with Crippen molar-refractivity contribution < 1.29 is 8.42 Å². The average molecular weight is 284 g/mol. The summed E-state index contributed by atoms with van der Waals surface area (Å²) in [6.45, 7) is 6.15. The van der Waals surface area contributed by atoms with Gasteiger partial charge >= 0.3 is 0 Å². The highest BCUT2D eigenvalue weighted by Gasteiger charge is 2.16. The van der Waals surface area contributed by atoms with Gasteiger partial charge in [-0.15, -0.1) is 0 Å². The van der Waals surface area contributed by atoms with E-state index in [1.165, 1.54) is 18.4 Å². The molecule has 0 saturated carbocycles. The number of rotatable bonds is 7. The van der Waals surface area contributed by atoms with Crippen LogP contribution in [-0.4, -0.2) is 33.4 Å². The number of hydrogen-bond donors (Lipinski definition) is 1. The van der Waals surface area contributed by atoms with E-state index in [4.69, 9.17) is 0 Å². The predicted molar refractivity (Wildman–Crippen MR) is 78.5 cm³/mol. The molecule has 1 N–H and O–H groups in total. The van der Waals surface area contributed by atoms with Crippen molar-refractivity contribution in [1.29, 1.82) is 0 Å². The molecule has 0 amide bonds.